The van der Waals surface area contributed by atoms with Crippen LogP contribution in [-0.4, -0.2) is 16.9 Å². The predicted molar refractivity (Wildman–Crippen MR) is 69.3 cm³/mol. The molecule has 0 aromatic heterocycles. The maximum Gasteiger partial charge on any atom is 0.176 e. The lowest BCUT2D eigenvalue weighted by Gasteiger charge is -2.30. The van der Waals surface area contributed by atoms with Crippen LogP contribution in [0.25, 0.3) is 0 Å². The van der Waals surface area contributed by atoms with E-state index in [2.05, 4.69) is 11.6 Å². The molecule has 1 heterocycles. The molecule has 2 rings (SSSR count). The summed E-state index contributed by atoms with van der Waals surface area (Å²) in [5, 5.41) is 0. The largest absolute Gasteiger partial charge is 0.308 e. The number of nitrogens with zero attached hydrogens (tertiary/aromatic N) is 2. The van der Waals surface area contributed by atoms with Gasteiger partial charge in [-0.3, -0.25) is 9.79 Å². The van der Waals surface area contributed by atoms with E-state index in [0.717, 1.165) is 23.5 Å². The van der Waals surface area contributed by atoms with E-state index < -0.39 is 0 Å². The van der Waals surface area contributed by atoms with Gasteiger partial charge in [0.1, 0.15) is 0 Å². The molecule has 0 amide bonds. The van der Waals surface area contributed by atoms with Crippen molar-refractivity contribution >= 4 is 12.0 Å². The number of carbonyl (C=O) groups is 1. The van der Waals surface area contributed by atoms with Crippen LogP contribution in [0.2, 0.25) is 0 Å². The summed E-state index contributed by atoms with van der Waals surface area (Å²) < 4.78 is 0. The van der Waals surface area contributed by atoms with E-state index in [1.165, 1.54) is 12.8 Å². The maximum absolute atomic E-state index is 11.7. The smallest absolute Gasteiger partial charge is 0.176 e. The van der Waals surface area contributed by atoms with Crippen molar-refractivity contribution in [2.75, 3.05) is 0 Å². The molecular formula is C14H18N2O. The summed E-state index contributed by atoms with van der Waals surface area (Å²) in [4.78, 5) is 17.9. The quantitative estimate of drug-likeness (QED) is 0.695. The molecule has 0 spiro atoms. The molecule has 1 aliphatic carbocycles. The number of allylic oxidation sites excluding steroid dienone is 4. The van der Waals surface area contributed by atoms with Crippen molar-refractivity contribution in [1.29, 1.82) is 0 Å². The van der Waals surface area contributed by atoms with Crippen LogP contribution in [0.1, 0.15) is 33.1 Å². The van der Waals surface area contributed by atoms with Crippen LogP contribution < -0.4 is 0 Å². The first-order chi connectivity index (χ1) is 8.15. The molecule has 0 bridgehead atoms. The fourth-order valence-corrected chi connectivity index (χ4v) is 2.03. The minimum atomic E-state index is 0.0786. The highest BCUT2D eigenvalue weighted by Crippen LogP contribution is 2.41. The average Bonchev–Trinajstić information content (AvgIpc) is 3.09. The minimum Gasteiger partial charge on any atom is -0.308 e. The number of Topliss-reactive ketones (excluding diaryl/α,β-unsaturated/α-hetero) is 1. The van der Waals surface area contributed by atoms with E-state index in [-0.39, 0.29) is 5.78 Å². The van der Waals surface area contributed by atoms with Crippen molar-refractivity contribution < 1.29 is 4.79 Å². The van der Waals surface area contributed by atoms with Crippen LogP contribution in [0.4, 0.5) is 0 Å². The molecule has 1 saturated carbocycles. The summed E-state index contributed by atoms with van der Waals surface area (Å²) >= 11 is 0. The molecule has 3 heteroatoms. The van der Waals surface area contributed by atoms with Gasteiger partial charge in [-0.2, -0.15) is 0 Å². The second-order valence-electron chi connectivity index (χ2n) is 4.49. The van der Waals surface area contributed by atoms with E-state index in [9.17, 15) is 4.79 Å². The highest BCUT2D eigenvalue weighted by Gasteiger charge is 2.33. The lowest BCUT2D eigenvalue weighted by atomic mass is 10.1. The van der Waals surface area contributed by atoms with E-state index >= 15 is 0 Å². The highest BCUT2D eigenvalue weighted by atomic mass is 16.1. The van der Waals surface area contributed by atoms with Crippen LogP contribution >= 0.6 is 0 Å². The van der Waals surface area contributed by atoms with Gasteiger partial charge in [0.05, 0.1) is 17.6 Å². The lowest BCUT2D eigenvalue weighted by molar-refractivity contribution is -0.114. The Bertz CT molecular complexity index is 439. The van der Waals surface area contributed by atoms with Gasteiger partial charge in [-0.05, 0) is 19.3 Å². The Labute approximate surface area is 102 Å². The molecule has 90 valence electrons. The van der Waals surface area contributed by atoms with Gasteiger partial charge in [-0.25, -0.2) is 0 Å². The van der Waals surface area contributed by atoms with Crippen molar-refractivity contribution in [3.63, 3.8) is 0 Å². The van der Waals surface area contributed by atoms with Crippen molar-refractivity contribution in [3.8, 4) is 0 Å². The Hall–Kier alpha value is -1.64. The molecule has 0 radical (unpaired) electrons. The number of hydrogen-bond acceptors (Lipinski definition) is 3. The summed E-state index contributed by atoms with van der Waals surface area (Å²) in [6.45, 7) is 7.62. The van der Waals surface area contributed by atoms with Crippen molar-refractivity contribution in [2.24, 2.45) is 10.9 Å². The molecule has 0 unspecified atom stereocenters. The third-order valence-corrected chi connectivity index (χ3v) is 2.97. The van der Waals surface area contributed by atoms with Gasteiger partial charge in [0.15, 0.2) is 5.78 Å². The van der Waals surface area contributed by atoms with Crippen molar-refractivity contribution in [1.82, 2.24) is 4.90 Å². The van der Waals surface area contributed by atoms with Gasteiger partial charge in [0, 0.05) is 24.7 Å². The number of hydrogen-bond donors (Lipinski definition) is 0. The van der Waals surface area contributed by atoms with Crippen LogP contribution in [0.3, 0.4) is 0 Å². The fourth-order valence-electron chi connectivity index (χ4n) is 2.03. The SMILES string of the molecule is C=C1C=NC=C(C2CC2)N1/C(=C\CC)C(C)=O. The molecule has 17 heavy (non-hydrogen) atoms. The molecular weight excluding hydrogens is 212 g/mol. The van der Waals surface area contributed by atoms with Crippen molar-refractivity contribution in [3.05, 3.63) is 35.9 Å². The molecule has 0 N–H and O–H groups in total. The van der Waals surface area contributed by atoms with Crippen molar-refractivity contribution in [2.45, 2.75) is 33.1 Å². The number of carbonyl (C=O) groups excluding carboxylic acids is 1. The summed E-state index contributed by atoms with van der Waals surface area (Å²) in [6.07, 6.45) is 8.73. The normalized spacial score (nSPS) is 20.6. The Morgan fingerprint density at radius 3 is 2.88 bits per heavy atom. The Morgan fingerprint density at radius 2 is 2.35 bits per heavy atom. The molecule has 1 fully saturated rings. The van der Waals surface area contributed by atoms with Gasteiger partial charge in [0.25, 0.3) is 0 Å². The zero-order chi connectivity index (χ0) is 12.4. The second kappa shape index (κ2) is 4.70. The summed E-state index contributed by atoms with van der Waals surface area (Å²) in [5.41, 5.74) is 2.62. The van der Waals surface area contributed by atoms with Crippen LogP contribution in [0, 0.1) is 5.92 Å². The number of aliphatic imine (C=N–C) groups is 1. The standard InChI is InChI=1S/C14H18N2O/c1-4-5-13(11(3)17)16-10(2)8-15-9-14(16)12-6-7-12/h5,8-9,12H,2,4,6-7H2,1,3H3/b13-5-. The van der Waals surface area contributed by atoms with Crippen LogP contribution in [-0.2, 0) is 4.79 Å². The van der Waals surface area contributed by atoms with Gasteiger partial charge >= 0.3 is 0 Å². The molecule has 0 atom stereocenters. The molecule has 3 nitrogen and oxygen atoms in total. The first kappa shape index (κ1) is 11.8. The van der Waals surface area contributed by atoms with Gasteiger partial charge in [-0.15, -0.1) is 0 Å². The number of rotatable bonds is 4. The van der Waals surface area contributed by atoms with Gasteiger partial charge in [-0.1, -0.05) is 19.6 Å². The molecule has 0 aromatic carbocycles. The van der Waals surface area contributed by atoms with E-state index in [1.807, 2.05) is 24.1 Å². The summed E-state index contributed by atoms with van der Waals surface area (Å²) in [7, 11) is 0. The molecule has 0 aromatic rings. The highest BCUT2D eigenvalue weighted by molar-refractivity contribution is 5.95. The molecule has 2 aliphatic rings. The Morgan fingerprint density at radius 1 is 1.65 bits per heavy atom. The Kier molecular flexibility index (Phi) is 3.27. The number of ketones is 1. The molecule has 1 aliphatic heterocycles. The second-order valence-corrected chi connectivity index (χ2v) is 4.49. The predicted octanol–water partition coefficient (Wildman–Crippen LogP) is 3.02. The van der Waals surface area contributed by atoms with E-state index in [0.29, 0.717) is 5.92 Å². The minimum absolute atomic E-state index is 0.0786. The van der Waals surface area contributed by atoms with Crippen LogP contribution in [0.5, 0.6) is 0 Å². The van der Waals surface area contributed by atoms with Crippen LogP contribution in [0.15, 0.2) is 40.9 Å². The fraction of sp³-hybridized carbons (Fsp3) is 0.429. The first-order valence-electron chi connectivity index (χ1n) is 6.08. The lowest BCUT2D eigenvalue weighted by Crippen LogP contribution is -2.28. The zero-order valence-corrected chi connectivity index (χ0v) is 10.4. The third kappa shape index (κ3) is 2.38. The van der Waals surface area contributed by atoms with Gasteiger partial charge < -0.3 is 4.90 Å². The third-order valence-electron chi connectivity index (χ3n) is 2.97. The monoisotopic (exact) mass is 230 g/mol. The molecule has 0 saturated heterocycles. The van der Waals surface area contributed by atoms with Gasteiger partial charge in [0.2, 0.25) is 0 Å². The topological polar surface area (TPSA) is 32.7 Å². The van der Waals surface area contributed by atoms with E-state index in [4.69, 9.17) is 0 Å². The Balaban J connectivity index is 2.36. The summed E-state index contributed by atoms with van der Waals surface area (Å²) in [5.74, 6) is 0.624. The zero-order valence-electron chi connectivity index (χ0n) is 10.4. The maximum atomic E-state index is 11.7. The summed E-state index contributed by atoms with van der Waals surface area (Å²) in [6, 6.07) is 0. The van der Waals surface area contributed by atoms with E-state index in [1.54, 1.807) is 13.1 Å². The average molecular weight is 230 g/mol. The first-order valence-corrected chi connectivity index (χ1v) is 6.08.